The Morgan fingerprint density at radius 2 is 1.17 bits per heavy atom. The van der Waals surface area contributed by atoms with Crippen LogP contribution in [0.25, 0.3) is 16.8 Å². The van der Waals surface area contributed by atoms with Gasteiger partial charge in [-0.25, -0.2) is 4.98 Å². The smallest absolute Gasteiger partial charge is 0.245 e. The molecule has 0 saturated carbocycles. The number of amides is 2. The maximum absolute atomic E-state index is 13.9. The molecule has 0 radical (unpaired) electrons. The van der Waals surface area contributed by atoms with E-state index in [1.165, 1.54) is 22.3 Å². The number of imidazole rings is 1. The maximum atomic E-state index is 13.9. The van der Waals surface area contributed by atoms with Crippen LogP contribution in [0.2, 0.25) is 0 Å². The van der Waals surface area contributed by atoms with Crippen molar-refractivity contribution in [1.82, 2.24) is 29.6 Å². The summed E-state index contributed by atoms with van der Waals surface area (Å²) in [5, 5.41) is 0. The third-order valence-electron chi connectivity index (χ3n) is 12.1. The van der Waals surface area contributed by atoms with Gasteiger partial charge in [0, 0.05) is 31.4 Å². The summed E-state index contributed by atoms with van der Waals surface area (Å²) in [7, 11) is 7.90. The van der Waals surface area contributed by atoms with Gasteiger partial charge in [-0.2, -0.15) is 0 Å². The quantitative estimate of drug-likeness (QED) is 0.130. The lowest BCUT2D eigenvalue weighted by atomic mass is 9.96. The monoisotopic (exact) mass is 773 g/mol. The van der Waals surface area contributed by atoms with Gasteiger partial charge in [-0.1, -0.05) is 109 Å². The molecule has 9 nitrogen and oxygen atoms in total. The molecular weight excluding hydrogens is 719 g/mol. The second-order valence-electron chi connectivity index (χ2n) is 16.5. The van der Waals surface area contributed by atoms with Gasteiger partial charge >= 0.3 is 0 Å². The van der Waals surface area contributed by atoms with E-state index in [1.54, 1.807) is 0 Å². The number of hydrogen-bond acceptors (Lipinski definition) is 6. The number of carbonyl (C=O) groups excluding carboxylic acids is 2. The summed E-state index contributed by atoms with van der Waals surface area (Å²) < 4.78 is 0. The molecule has 5 aromatic rings. The van der Waals surface area contributed by atoms with Crippen molar-refractivity contribution in [3.63, 3.8) is 0 Å². The van der Waals surface area contributed by atoms with Crippen molar-refractivity contribution in [2.45, 2.75) is 69.1 Å². The van der Waals surface area contributed by atoms with Crippen molar-refractivity contribution in [3.8, 4) is 11.3 Å². The number of hydrogen-bond donors (Lipinski definition) is 1. The van der Waals surface area contributed by atoms with Crippen LogP contribution in [0.1, 0.15) is 83.9 Å². The molecule has 4 atom stereocenters. The van der Waals surface area contributed by atoms with Crippen molar-refractivity contribution < 1.29 is 9.59 Å². The van der Waals surface area contributed by atoms with Gasteiger partial charge in [0.2, 0.25) is 11.8 Å². The van der Waals surface area contributed by atoms with E-state index in [9.17, 15) is 9.59 Å². The van der Waals surface area contributed by atoms with E-state index in [0.717, 1.165) is 92.0 Å². The molecule has 0 aliphatic carbocycles. The Morgan fingerprint density at radius 3 is 1.71 bits per heavy atom. The number of likely N-dealkylation sites (N-methyl/N-ethyl adjacent to an activating group) is 2. The van der Waals surface area contributed by atoms with Crippen LogP contribution in [0.15, 0.2) is 127 Å². The standard InChI is InChI=1S/C49H55N7O2/c1-53(2)45(38-13-7-5-8-14-38)48(57)55-29-11-17-43(55)41-31-40(32-50-41)36-25-21-34(22-26-36)19-20-35-23-27-37(28-24-35)42-33-51-47(52-42)44-18-12-30-56(44)49(58)46(54(3)4)39-15-9-6-10-16-39/h5-10,13-16,21-28,32-33,43-46H,11-12,17-20,29-31H2,1-4H3,(H,51,52)/t43-,44-,45+,46+/m0/s1. The minimum atomic E-state index is -0.329. The molecule has 4 aromatic carbocycles. The summed E-state index contributed by atoms with van der Waals surface area (Å²) in [5.74, 6) is 1.12. The van der Waals surface area contributed by atoms with Crippen molar-refractivity contribution in [2.75, 3.05) is 41.3 Å². The summed E-state index contributed by atoms with van der Waals surface area (Å²) in [5.41, 5.74) is 10.2. The van der Waals surface area contributed by atoms with E-state index < -0.39 is 0 Å². The van der Waals surface area contributed by atoms with Crippen LogP contribution in [0, 0.1) is 0 Å². The highest BCUT2D eigenvalue weighted by molar-refractivity contribution is 6.03. The Bertz CT molecular complexity index is 2240. The first-order chi connectivity index (χ1) is 28.2. The van der Waals surface area contributed by atoms with Crippen LogP contribution in [0.4, 0.5) is 0 Å². The van der Waals surface area contributed by atoms with E-state index in [-0.39, 0.29) is 36.0 Å². The molecule has 3 aliphatic rings. The number of aromatic amines is 1. The minimum Gasteiger partial charge on any atom is -0.340 e. The Hall–Kier alpha value is -5.64. The highest BCUT2D eigenvalue weighted by atomic mass is 16.2. The van der Waals surface area contributed by atoms with Crippen LogP contribution in [-0.4, -0.2) is 94.4 Å². The molecule has 2 amide bonds. The zero-order valence-corrected chi connectivity index (χ0v) is 34.2. The third kappa shape index (κ3) is 8.33. The molecule has 0 unspecified atom stereocenters. The normalized spacial score (nSPS) is 19.1. The molecule has 3 aliphatic heterocycles. The average Bonchev–Trinajstić information content (AvgIpc) is 4.08. The van der Waals surface area contributed by atoms with Crippen LogP contribution < -0.4 is 0 Å². The number of aliphatic imine (C=N–C) groups is 1. The van der Waals surface area contributed by atoms with Gasteiger partial charge < -0.3 is 14.8 Å². The van der Waals surface area contributed by atoms with E-state index in [2.05, 4.69) is 58.4 Å². The van der Waals surface area contributed by atoms with Crippen LogP contribution in [-0.2, 0) is 22.4 Å². The van der Waals surface area contributed by atoms with Gasteiger partial charge in [0.1, 0.15) is 17.9 Å². The number of nitrogens with zero attached hydrogens (tertiary/aromatic N) is 6. The molecule has 58 heavy (non-hydrogen) atoms. The maximum Gasteiger partial charge on any atom is 0.245 e. The lowest BCUT2D eigenvalue weighted by Gasteiger charge is -2.32. The van der Waals surface area contributed by atoms with Crippen LogP contribution >= 0.6 is 0 Å². The van der Waals surface area contributed by atoms with Crippen molar-refractivity contribution in [2.24, 2.45) is 4.99 Å². The van der Waals surface area contributed by atoms with Crippen molar-refractivity contribution >= 4 is 23.1 Å². The molecule has 1 aromatic heterocycles. The van der Waals surface area contributed by atoms with Gasteiger partial charge in [0.25, 0.3) is 0 Å². The summed E-state index contributed by atoms with van der Waals surface area (Å²) in [4.78, 5) is 49.2. The highest BCUT2D eigenvalue weighted by Gasteiger charge is 2.39. The largest absolute Gasteiger partial charge is 0.340 e. The average molecular weight is 774 g/mol. The second-order valence-corrected chi connectivity index (χ2v) is 16.5. The predicted molar refractivity (Wildman–Crippen MR) is 232 cm³/mol. The molecule has 9 heteroatoms. The summed E-state index contributed by atoms with van der Waals surface area (Å²) in [6.07, 6.45) is 10.4. The first-order valence-electron chi connectivity index (χ1n) is 20.8. The van der Waals surface area contributed by atoms with E-state index >= 15 is 0 Å². The number of aromatic nitrogens is 2. The number of nitrogens with one attached hydrogen (secondary N) is 1. The zero-order chi connectivity index (χ0) is 40.2. The lowest BCUT2D eigenvalue weighted by molar-refractivity contribution is -0.137. The van der Waals surface area contributed by atoms with Gasteiger partial charge in [-0.15, -0.1) is 0 Å². The van der Waals surface area contributed by atoms with Gasteiger partial charge in [-0.05, 0) is 106 Å². The lowest BCUT2D eigenvalue weighted by Crippen LogP contribution is -2.45. The van der Waals surface area contributed by atoms with Crippen LogP contribution in [0.3, 0.4) is 0 Å². The number of H-pyrrole nitrogens is 1. The van der Waals surface area contributed by atoms with Crippen molar-refractivity contribution in [3.05, 3.63) is 155 Å². The zero-order valence-electron chi connectivity index (χ0n) is 34.2. The number of rotatable bonds is 13. The molecule has 0 spiro atoms. The van der Waals surface area contributed by atoms with E-state index in [4.69, 9.17) is 9.98 Å². The summed E-state index contributed by atoms with van der Waals surface area (Å²) in [6.45, 7) is 1.50. The molecule has 2 fully saturated rings. The molecule has 8 rings (SSSR count). The molecule has 4 heterocycles. The second kappa shape index (κ2) is 17.5. The minimum absolute atomic E-state index is 0.0445. The fraction of sp³-hybridized carbons (Fsp3) is 0.347. The predicted octanol–water partition coefficient (Wildman–Crippen LogP) is 8.31. The summed E-state index contributed by atoms with van der Waals surface area (Å²) in [6, 6.07) is 37.1. The summed E-state index contributed by atoms with van der Waals surface area (Å²) >= 11 is 0. The van der Waals surface area contributed by atoms with E-state index in [0.29, 0.717) is 0 Å². The number of aryl methyl sites for hydroxylation is 2. The Labute approximate surface area is 343 Å². The number of allylic oxidation sites excluding steroid dienone is 1. The van der Waals surface area contributed by atoms with Crippen LogP contribution in [0.5, 0.6) is 0 Å². The topological polar surface area (TPSA) is 88.1 Å². The molecular formula is C49H55N7O2. The first-order valence-corrected chi connectivity index (χ1v) is 20.8. The Balaban J connectivity index is 0.845. The first kappa shape index (κ1) is 39.2. The molecule has 2 saturated heterocycles. The number of likely N-dealkylation sites (tertiary alicyclic amines) is 2. The van der Waals surface area contributed by atoms with Crippen molar-refractivity contribution in [1.29, 1.82) is 0 Å². The van der Waals surface area contributed by atoms with Gasteiger partial charge in [-0.3, -0.25) is 24.4 Å². The SMILES string of the molecule is CN(C)[C@@H](C(=O)N1CCC[C@H]1C1=NC=C(c2ccc(CCc3ccc(-c4cnc([C@@H]5CCCN5C(=O)[C@@H](c5ccccc5)N(C)C)[nH]4)cc3)cc2)C1)c1ccccc1. The number of carbonyl (C=O) groups is 2. The molecule has 1 N–H and O–H groups in total. The number of benzene rings is 4. The fourth-order valence-corrected chi connectivity index (χ4v) is 9.11. The highest BCUT2D eigenvalue weighted by Crippen LogP contribution is 2.36. The van der Waals surface area contributed by atoms with Gasteiger partial charge in [0.15, 0.2) is 0 Å². The molecule has 0 bridgehead atoms. The van der Waals surface area contributed by atoms with E-state index in [1.807, 2.05) is 116 Å². The Kier molecular flexibility index (Phi) is 11.8. The molecule has 298 valence electrons. The fourth-order valence-electron chi connectivity index (χ4n) is 9.11. The Morgan fingerprint density at radius 1 is 0.672 bits per heavy atom. The van der Waals surface area contributed by atoms with Gasteiger partial charge in [0.05, 0.1) is 24.0 Å². The third-order valence-corrected chi connectivity index (χ3v) is 12.1.